The first-order valence-electron chi connectivity index (χ1n) is 9.97. The third-order valence-electron chi connectivity index (χ3n) is 5.44. The molecule has 5 nitrogen and oxygen atoms in total. The summed E-state index contributed by atoms with van der Waals surface area (Å²) in [6.07, 6.45) is 0.714. The molecule has 1 aliphatic heterocycles. The Hall–Kier alpha value is -3.98. The lowest BCUT2D eigenvalue weighted by Gasteiger charge is -2.19. The molecule has 0 unspecified atom stereocenters. The van der Waals surface area contributed by atoms with E-state index < -0.39 is 0 Å². The number of nitrogens with zero attached hydrogens (tertiary/aromatic N) is 2. The number of amides is 2. The number of hydrogen-bond acceptors (Lipinski definition) is 3. The number of halogens is 1. The molecule has 0 aromatic heterocycles. The van der Waals surface area contributed by atoms with Gasteiger partial charge in [-0.15, -0.1) is 0 Å². The van der Waals surface area contributed by atoms with Crippen molar-refractivity contribution in [2.45, 2.75) is 19.4 Å². The molecule has 6 heteroatoms. The van der Waals surface area contributed by atoms with E-state index in [1.54, 1.807) is 29.2 Å². The van der Waals surface area contributed by atoms with Gasteiger partial charge >= 0.3 is 0 Å². The van der Waals surface area contributed by atoms with Crippen LogP contribution in [0.5, 0.6) is 0 Å². The number of carbonyl (C=O) groups excluding carboxylic acids is 2. The summed E-state index contributed by atoms with van der Waals surface area (Å²) in [6, 6.07) is 19.7. The third kappa shape index (κ3) is 4.17. The van der Waals surface area contributed by atoms with Gasteiger partial charge in [0.1, 0.15) is 5.82 Å². The maximum Gasteiger partial charge on any atom is 0.258 e. The molecule has 4 rings (SSSR count). The molecule has 1 atom stereocenters. The van der Waals surface area contributed by atoms with Crippen LogP contribution in [0.4, 0.5) is 10.1 Å². The zero-order valence-electron chi connectivity index (χ0n) is 16.9. The normalized spacial score (nSPS) is 13.3. The van der Waals surface area contributed by atoms with Crippen molar-refractivity contribution in [3.63, 3.8) is 0 Å². The van der Waals surface area contributed by atoms with Crippen molar-refractivity contribution in [1.29, 1.82) is 5.26 Å². The van der Waals surface area contributed by atoms with Crippen molar-refractivity contribution in [2.24, 2.45) is 0 Å². The fraction of sp³-hybridized carbons (Fsp3) is 0.160. The molecule has 0 fully saturated rings. The average molecular weight is 413 g/mol. The second kappa shape index (κ2) is 8.41. The second-order valence-electron chi connectivity index (χ2n) is 7.49. The molecule has 0 saturated carbocycles. The predicted octanol–water partition coefficient (Wildman–Crippen LogP) is 4.39. The summed E-state index contributed by atoms with van der Waals surface area (Å²) in [5.41, 5.74) is 4.13. The molecular weight excluding hydrogens is 393 g/mol. The highest BCUT2D eigenvalue weighted by Crippen LogP contribution is 2.32. The third-order valence-corrected chi connectivity index (χ3v) is 5.44. The van der Waals surface area contributed by atoms with E-state index in [4.69, 9.17) is 5.26 Å². The van der Waals surface area contributed by atoms with E-state index in [2.05, 4.69) is 11.4 Å². The maximum atomic E-state index is 13.1. The molecular formula is C25H20FN3O2. The number of fused-ring (bicyclic) bond motifs is 1. The maximum absolute atomic E-state index is 13.1. The van der Waals surface area contributed by atoms with Gasteiger partial charge in [0.25, 0.3) is 11.8 Å². The van der Waals surface area contributed by atoms with Crippen LogP contribution in [0.15, 0.2) is 66.7 Å². The standard InChI is InChI=1S/C25H20FN3O2/c1-16(28-24(30)18-5-8-22(26)9-6-18)19-7-10-23-20(14-19)11-12-29(23)25(31)21-4-2-3-17(13-21)15-27/h2-10,13-14,16H,11-12H2,1H3,(H,28,30)/t16-/m1/s1. The molecule has 1 heterocycles. The lowest BCUT2D eigenvalue weighted by Crippen LogP contribution is -2.29. The summed E-state index contributed by atoms with van der Waals surface area (Å²) < 4.78 is 13.1. The first-order valence-corrected chi connectivity index (χ1v) is 9.97. The molecule has 31 heavy (non-hydrogen) atoms. The van der Waals surface area contributed by atoms with Crippen molar-refractivity contribution in [3.05, 3.63) is 100 Å². The molecule has 2 amide bonds. The number of carbonyl (C=O) groups is 2. The minimum Gasteiger partial charge on any atom is -0.346 e. The van der Waals surface area contributed by atoms with Gasteiger partial charge < -0.3 is 10.2 Å². The number of rotatable bonds is 4. The van der Waals surface area contributed by atoms with E-state index in [-0.39, 0.29) is 23.7 Å². The Bertz CT molecular complexity index is 1200. The SMILES string of the molecule is C[C@@H](NC(=O)c1ccc(F)cc1)c1ccc2c(c1)CCN2C(=O)c1cccc(C#N)c1. The monoisotopic (exact) mass is 413 g/mol. The minimum absolute atomic E-state index is 0.138. The summed E-state index contributed by atoms with van der Waals surface area (Å²) in [5.74, 6) is -0.801. The van der Waals surface area contributed by atoms with Gasteiger partial charge in [-0.3, -0.25) is 9.59 Å². The predicted molar refractivity (Wildman–Crippen MR) is 115 cm³/mol. The topological polar surface area (TPSA) is 73.2 Å². The van der Waals surface area contributed by atoms with Crippen molar-refractivity contribution >= 4 is 17.5 Å². The molecule has 3 aromatic rings. The van der Waals surface area contributed by atoms with Crippen molar-refractivity contribution in [2.75, 3.05) is 11.4 Å². The van der Waals surface area contributed by atoms with Crippen LogP contribution in [0, 0.1) is 17.1 Å². The molecule has 3 aromatic carbocycles. The first-order chi connectivity index (χ1) is 15.0. The fourth-order valence-corrected chi connectivity index (χ4v) is 3.74. The number of anilines is 1. The Kier molecular flexibility index (Phi) is 5.50. The van der Waals surface area contributed by atoms with Gasteiger partial charge in [0.2, 0.25) is 0 Å². The highest BCUT2D eigenvalue weighted by atomic mass is 19.1. The van der Waals surface area contributed by atoms with Crippen LogP contribution in [-0.2, 0) is 6.42 Å². The lowest BCUT2D eigenvalue weighted by atomic mass is 10.0. The highest BCUT2D eigenvalue weighted by Gasteiger charge is 2.26. The Morgan fingerprint density at radius 2 is 1.84 bits per heavy atom. The van der Waals surface area contributed by atoms with E-state index in [9.17, 15) is 14.0 Å². The molecule has 0 bridgehead atoms. The number of nitrogens with one attached hydrogen (secondary N) is 1. The molecule has 154 valence electrons. The Morgan fingerprint density at radius 3 is 2.58 bits per heavy atom. The van der Waals surface area contributed by atoms with Gasteiger partial charge in [-0.25, -0.2) is 4.39 Å². The number of benzene rings is 3. The number of nitriles is 1. The largest absolute Gasteiger partial charge is 0.346 e. The van der Waals surface area contributed by atoms with Crippen LogP contribution in [0.2, 0.25) is 0 Å². The van der Waals surface area contributed by atoms with Gasteiger partial charge in [-0.2, -0.15) is 5.26 Å². The zero-order valence-corrected chi connectivity index (χ0v) is 16.9. The van der Waals surface area contributed by atoms with E-state index >= 15 is 0 Å². The Morgan fingerprint density at radius 1 is 1.06 bits per heavy atom. The van der Waals surface area contributed by atoms with E-state index in [0.29, 0.717) is 29.7 Å². The van der Waals surface area contributed by atoms with Crippen molar-refractivity contribution < 1.29 is 14.0 Å². The van der Waals surface area contributed by atoms with Gasteiger partial charge in [-0.05, 0) is 73.0 Å². The summed E-state index contributed by atoms with van der Waals surface area (Å²) in [6.45, 7) is 2.44. The van der Waals surface area contributed by atoms with Gasteiger partial charge in [0.15, 0.2) is 0 Å². The summed E-state index contributed by atoms with van der Waals surface area (Å²) in [7, 11) is 0. The van der Waals surface area contributed by atoms with Crippen molar-refractivity contribution in [3.8, 4) is 6.07 Å². The second-order valence-corrected chi connectivity index (χ2v) is 7.49. The summed E-state index contributed by atoms with van der Waals surface area (Å²) in [4.78, 5) is 27.1. The summed E-state index contributed by atoms with van der Waals surface area (Å²) >= 11 is 0. The van der Waals surface area contributed by atoms with Crippen molar-refractivity contribution in [1.82, 2.24) is 5.32 Å². The van der Waals surface area contributed by atoms with E-state index in [1.807, 2.05) is 25.1 Å². The van der Waals surface area contributed by atoms with Gasteiger partial charge in [-0.1, -0.05) is 18.2 Å². The zero-order chi connectivity index (χ0) is 22.0. The molecule has 0 aliphatic carbocycles. The molecule has 0 saturated heterocycles. The van der Waals surface area contributed by atoms with Gasteiger partial charge in [0.05, 0.1) is 17.7 Å². The smallest absolute Gasteiger partial charge is 0.258 e. The Labute approximate surface area is 179 Å². The fourth-order valence-electron chi connectivity index (χ4n) is 3.74. The Balaban J connectivity index is 1.50. The average Bonchev–Trinajstić information content (AvgIpc) is 3.22. The van der Waals surface area contributed by atoms with Crippen LogP contribution in [0.1, 0.15) is 50.4 Å². The van der Waals surface area contributed by atoms with E-state index in [0.717, 1.165) is 16.8 Å². The summed E-state index contributed by atoms with van der Waals surface area (Å²) in [5, 5.41) is 12.0. The van der Waals surface area contributed by atoms with Crippen LogP contribution in [0.25, 0.3) is 0 Å². The minimum atomic E-state index is -0.387. The quantitative estimate of drug-likeness (QED) is 0.689. The lowest BCUT2D eigenvalue weighted by molar-refractivity contribution is 0.0938. The molecule has 0 radical (unpaired) electrons. The van der Waals surface area contributed by atoms with E-state index in [1.165, 1.54) is 24.3 Å². The molecule has 1 aliphatic rings. The van der Waals surface area contributed by atoms with Gasteiger partial charge in [0, 0.05) is 23.4 Å². The first kappa shape index (κ1) is 20.3. The molecule has 0 spiro atoms. The van der Waals surface area contributed by atoms with Crippen LogP contribution in [0.3, 0.4) is 0 Å². The molecule has 1 N–H and O–H groups in total. The number of hydrogen-bond donors (Lipinski definition) is 1. The van der Waals surface area contributed by atoms with Crippen LogP contribution in [-0.4, -0.2) is 18.4 Å². The highest BCUT2D eigenvalue weighted by molar-refractivity contribution is 6.07. The van der Waals surface area contributed by atoms with Crippen LogP contribution < -0.4 is 10.2 Å². The van der Waals surface area contributed by atoms with Crippen LogP contribution >= 0.6 is 0 Å².